The van der Waals surface area contributed by atoms with Gasteiger partial charge in [-0.3, -0.25) is 9.59 Å². The van der Waals surface area contributed by atoms with Gasteiger partial charge in [0.25, 0.3) is 5.91 Å². The number of nitrogens with one attached hydrogen (secondary N) is 1. The van der Waals surface area contributed by atoms with Crippen molar-refractivity contribution in [2.45, 2.75) is 11.8 Å². The molecule has 3 rings (SSSR count). The van der Waals surface area contributed by atoms with Crippen LogP contribution in [0.5, 0.6) is 0 Å². The molecule has 0 aliphatic heterocycles. The lowest BCUT2D eigenvalue weighted by Gasteiger charge is -2.09. The molecule has 0 unspecified atom stereocenters. The van der Waals surface area contributed by atoms with Crippen LogP contribution in [0.2, 0.25) is 0 Å². The molecule has 132 valence electrons. The molecule has 0 heterocycles. The Balaban J connectivity index is 1.50. The van der Waals surface area contributed by atoms with E-state index in [0.717, 1.165) is 21.2 Å². The zero-order chi connectivity index (χ0) is 18.4. The van der Waals surface area contributed by atoms with E-state index in [9.17, 15) is 9.59 Å². The highest BCUT2D eigenvalue weighted by atomic mass is 32.2. The minimum atomic E-state index is -0.411. The molecule has 3 aromatic rings. The molecule has 0 fully saturated rings. The van der Waals surface area contributed by atoms with Crippen LogP contribution in [0.15, 0.2) is 71.6 Å². The molecule has 26 heavy (non-hydrogen) atoms. The standard InChI is InChI=1S/C21H19NO3S/c1-15-7-2-5-12-19(15)26-14-21(24)25-13-20(23)22-18-11-6-9-16-8-3-4-10-17(16)18/h2-12H,13-14H2,1H3,(H,22,23). The van der Waals surface area contributed by atoms with Crippen molar-refractivity contribution in [3.05, 3.63) is 72.3 Å². The van der Waals surface area contributed by atoms with Crippen LogP contribution in [0.3, 0.4) is 0 Å². The van der Waals surface area contributed by atoms with Crippen LogP contribution in [0.4, 0.5) is 5.69 Å². The van der Waals surface area contributed by atoms with E-state index in [1.807, 2.05) is 73.7 Å². The summed E-state index contributed by atoms with van der Waals surface area (Å²) in [6, 6.07) is 21.3. The third-order valence-corrected chi connectivity index (χ3v) is 5.02. The summed E-state index contributed by atoms with van der Waals surface area (Å²) in [5.74, 6) is -0.589. The molecule has 0 spiro atoms. The molecule has 0 aromatic heterocycles. The zero-order valence-electron chi connectivity index (χ0n) is 14.4. The molecular formula is C21H19NO3S. The van der Waals surface area contributed by atoms with Gasteiger partial charge >= 0.3 is 5.97 Å². The van der Waals surface area contributed by atoms with E-state index in [1.54, 1.807) is 0 Å². The highest BCUT2D eigenvalue weighted by molar-refractivity contribution is 8.00. The zero-order valence-corrected chi connectivity index (χ0v) is 15.2. The van der Waals surface area contributed by atoms with Gasteiger partial charge in [-0.05, 0) is 30.0 Å². The van der Waals surface area contributed by atoms with Crippen LogP contribution in [0.1, 0.15) is 5.56 Å². The number of carbonyl (C=O) groups is 2. The average molecular weight is 365 g/mol. The van der Waals surface area contributed by atoms with Gasteiger partial charge in [0.1, 0.15) is 0 Å². The molecule has 0 saturated heterocycles. The largest absolute Gasteiger partial charge is 0.455 e. The monoisotopic (exact) mass is 365 g/mol. The van der Waals surface area contributed by atoms with E-state index in [1.165, 1.54) is 11.8 Å². The number of benzene rings is 3. The maximum absolute atomic E-state index is 12.1. The number of amides is 1. The smallest absolute Gasteiger partial charge is 0.316 e. The van der Waals surface area contributed by atoms with Gasteiger partial charge in [0.2, 0.25) is 0 Å². The summed E-state index contributed by atoms with van der Waals surface area (Å²) in [6.07, 6.45) is 0. The topological polar surface area (TPSA) is 55.4 Å². The third-order valence-electron chi connectivity index (χ3n) is 3.87. The van der Waals surface area contributed by atoms with Gasteiger partial charge in [-0.15, -0.1) is 11.8 Å². The Bertz CT molecular complexity index is 934. The number of anilines is 1. The van der Waals surface area contributed by atoms with Gasteiger partial charge in [-0.1, -0.05) is 54.6 Å². The Kier molecular flexibility index (Phi) is 5.92. The lowest BCUT2D eigenvalue weighted by atomic mass is 10.1. The van der Waals surface area contributed by atoms with E-state index in [4.69, 9.17) is 4.74 Å². The Labute approximate surface area is 156 Å². The van der Waals surface area contributed by atoms with Crippen LogP contribution < -0.4 is 5.32 Å². The van der Waals surface area contributed by atoms with Crippen molar-refractivity contribution < 1.29 is 14.3 Å². The lowest BCUT2D eigenvalue weighted by molar-refractivity contribution is -0.144. The molecule has 5 heteroatoms. The number of fused-ring (bicyclic) bond motifs is 1. The van der Waals surface area contributed by atoms with Gasteiger partial charge in [0.05, 0.1) is 5.75 Å². The summed E-state index contributed by atoms with van der Waals surface area (Å²) in [5.41, 5.74) is 1.82. The van der Waals surface area contributed by atoms with E-state index in [2.05, 4.69) is 5.32 Å². The van der Waals surface area contributed by atoms with Crippen molar-refractivity contribution >= 4 is 40.1 Å². The summed E-state index contributed by atoms with van der Waals surface area (Å²) in [7, 11) is 0. The van der Waals surface area contributed by atoms with Gasteiger partial charge in [0.15, 0.2) is 6.61 Å². The summed E-state index contributed by atoms with van der Waals surface area (Å²) in [6.45, 7) is 1.70. The first-order valence-electron chi connectivity index (χ1n) is 8.25. The Morgan fingerprint density at radius 2 is 1.69 bits per heavy atom. The normalized spacial score (nSPS) is 10.5. The number of esters is 1. The van der Waals surface area contributed by atoms with Crippen LogP contribution in [-0.2, 0) is 14.3 Å². The van der Waals surface area contributed by atoms with E-state index < -0.39 is 5.97 Å². The first-order valence-corrected chi connectivity index (χ1v) is 9.24. The molecular weight excluding hydrogens is 346 g/mol. The number of ether oxygens (including phenoxy) is 1. The number of aryl methyl sites for hydroxylation is 1. The first kappa shape index (κ1) is 18.0. The van der Waals surface area contributed by atoms with Gasteiger partial charge < -0.3 is 10.1 Å². The number of thioether (sulfide) groups is 1. The molecule has 3 aromatic carbocycles. The Morgan fingerprint density at radius 1 is 0.962 bits per heavy atom. The fraction of sp³-hybridized carbons (Fsp3) is 0.143. The number of hydrogen-bond donors (Lipinski definition) is 1. The number of carbonyl (C=O) groups excluding carboxylic acids is 2. The second-order valence-electron chi connectivity index (χ2n) is 5.79. The molecule has 0 radical (unpaired) electrons. The van der Waals surface area contributed by atoms with Gasteiger partial charge in [-0.2, -0.15) is 0 Å². The fourth-order valence-corrected chi connectivity index (χ4v) is 3.39. The quantitative estimate of drug-likeness (QED) is 0.519. The molecule has 0 bridgehead atoms. The highest BCUT2D eigenvalue weighted by Gasteiger charge is 2.10. The lowest BCUT2D eigenvalue weighted by Crippen LogP contribution is -2.21. The fourth-order valence-electron chi connectivity index (χ4n) is 2.56. The minimum absolute atomic E-state index is 0.173. The predicted molar refractivity (Wildman–Crippen MR) is 105 cm³/mol. The highest BCUT2D eigenvalue weighted by Crippen LogP contribution is 2.23. The summed E-state index contributed by atoms with van der Waals surface area (Å²) in [4.78, 5) is 25.0. The van der Waals surface area contributed by atoms with Crippen LogP contribution in [-0.4, -0.2) is 24.2 Å². The van der Waals surface area contributed by atoms with Crippen molar-refractivity contribution in [3.8, 4) is 0 Å². The number of hydrogen-bond acceptors (Lipinski definition) is 4. The molecule has 0 saturated carbocycles. The SMILES string of the molecule is Cc1ccccc1SCC(=O)OCC(=O)Nc1cccc2ccccc12. The van der Waals surface area contributed by atoms with Crippen molar-refractivity contribution in [1.29, 1.82) is 0 Å². The average Bonchev–Trinajstić information content (AvgIpc) is 2.66. The van der Waals surface area contributed by atoms with E-state index in [0.29, 0.717) is 5.69 Å². The van der Waals surface area contributed by atoms with Crippen molar-refractivity contribution in [2.75, 3.05) is 17.7 Å². The maximum Gasteiger partial charge on any atom is 0.316 e. The summed E-state index contributed by atoms with van der Waals surface area (Å²) >= 11 is 1.41. The second kappa shape index (κ2) is 8.54. The first-order chi connectivity index (χ1) is 12.6. The molecule has 0 aliphatic carbocycles. The van der Waals surface area contributed by atoms with Crippen LogP contribution in [0.25, 0.3) is 10.8 Å². The molecule has 4 nitrogen and oxygen atoms in total. The van der Waals surface area contributed by atoms with Gasteiger partial charge in [0, 0.05) is 16.0 Å². The number of rotatable bonds is 6. The molecule has 1 N–H and O–H groups in total. The van der Waals surface area contributed by atoms with Crippen LogP contribution in [0, 0.1) is 6.92 Å². The van der Waals surface area contributed by atoms with Crippen molar-refractivity contribution in [1.82, 2.24) is 0 Å². The molecule has 1 amide bonds. The van der Waals surface area contributed by atoms with E-state index in [-0.39, 0.29) is 18.3 Å². The van der Waals surface area contributed by atoms with Crippen molar-refractivity contribution in [3.63, 3.8) is 0 Å². The maximum atomic E-state index is 12.1. The second-order valence-corrected chi connectivity index (χ2v) is 6.81. The predicted octanol–water partition coefficient (Wildman–Crippen LogP) is 4.42. The Morgan fingerprint density at radius 3 is 2.54 bits per heavy atom. The minimum Gasteiger partial charge on any atom is -0.455 e. The van der Waals surface area contributed by atoms with E-state index >= 15 is 0 Å². The molecule has 0 aliphatic rings. The molecule has 0 atom stereocenters. The summed E-state index contributed by atoms with van der Waals surface area (Å²) < 4.78 is 5.08. The van der Waals surface area contributed by atoms with Gasteiger partial charge in [-0.25, -0.2) is 0 Å². The van der Waals surface area contributed by atoms with Crippen LogP contribution >= 0.6 is 11.8 Å². The Hall–Kier alpha value is -2.79. The summed E-state index contributed by atoms with van der Waals surface area (Å²) in [5, 5.41) is 4.79. The van der Waals surface area contributed by atoms with Crippen molar-refractivity contribution in [2.24, 2.45) is 0 Å². The third kappa shape index (κ3) is 4.64.